The zero-order chi connectivity index (χ0) is 36.7. The maximum absolute atomic E-state index is 6.83. The van der Waals surface area contributed by atoms with Crippen molar-refractivity contribution in [1.29, 1.82) is 0 Å². The first kappa shape index (κ1) is 32.2. The molecule has 1 saturated carbocycles. The fourth-order valence-corrected chi connectivity index (χ4v) is 11.0. The van der Waals surface area contributed by atoms with E-state index in [0.29, 0.717) is 11.8 Å². The lowest BCUT2D eigenvalue weighted by molar-refractivity contribution is 0.423. The third-order valence-electron chi connectivity index (χ3n) is 12.4. The number of fused-ring (bicyclic) bond motifs is 9. The summed E-state index contributed by atoms with van der Waals surface area (Å²) in [7, 11) is 0. The standard InChI is InChI=1S/C52H38N2OS/c1-3-14-31(15-4-1)48-42-30-43(42)49(32-16-5-2-6-17-32)54-52(53-48)34-19-11-18-33(28-34)41-29-44-47-37(23-13-26-45(47)55-50(44)38-22-8-7-20-35(38)41)40-25-12-24-39-36-21-9-10-27-46(36)56-51(39)40/h1-8,10-20,22-29,42-43,48,52-53H,9,21,30H2. The number of aryl methyl sites for hydroxylation is 1. The number of hydrogen-bond donors (Lipinski definition) is 1. The number of hydrogen-bond acceptors (Lipinski definition) is 4. The number of nitrogens with zero attached hydrogens (tertiary/aromatic N) is 1. The number of benzene rings is 7. The van der Waals surface area contributed by atoms with Gasteiger partial charge in [-0.05, 0) is 99.2 Å². The number of aliphatic imine (C=N–C) groups is 1. The zero-order valence-corrected chi connectivity index (χ0v) is 31.6. The Labute approximate surface area is 329 Å². The topological polar surface area (TPSA) is 37.5 Å². The molecule has 0 bridgehead atoms. The number of rotatable bonds is 5. The molecule has 12 rings (SSSR count). The molecular weight excluding hydrogens is 701 g/mol. The molecule has 7 aromatic carbocycles. The average Bonchev–Trinajstić information content (AvgIpc) is 3.84. The quantitative estimate of drug-likeness (QED) is 0.191. The van der Waals surface area contributed by atoms with Gasteiger partial charge in [0.15, 0.2) is 0 Å². The van der Waals surface area contributed by atoms with Crippen molar-refractivity contribution in [1.82, 2.24) is 5.32 Å². The Morgan fingerprint density at radius 2 is 1.36 bits per heavy atom. The Morgan fingerprint density at radius 1 is 0.625 bits per heavy atom. The van der Waals surface area contributed by atoms with E-state index in [4.69, 9.17) is 9.41 Å². The van der Waals surface area contributed by atoms with Gasteiger partial charge in [-0.15, -0.1) is 11.3 Å². The summed E-state index contributed by atoms with van der Waals surface area (Å²) in [4.78, 5) is 6.97. The molecule has 3 heterocycles. The molecule has 0 amide bonds. The Hall–Kier alpha value is -6.07. The fourth-order valence-electron chi connectivity index (χ4n) is 9.73. The summed E-state index contributed by atoms with van der Waals surface area (Å²) < 4.78 is 8.19. The second-order valence-corrected chi connectivity index (χ2v) is 16.7. The molecule has 4 unspecified atom stereocenters. The van der Waals surface area contributed by atoms with Crippen molar-refractivity contribution in [2.24, 2.45) is 16.8 Å². The van der Waals surface area contributed by atoms with E-state index in [0.717, 1.165) is 41.2 Å². The minimum absolute atomic E-state index is 0.188. The maximum atomic E-state index is 6.83. The number of furan rings is 1. The smallest absolute Gasteiger partial charge is 0.143 e. The molecule has 1 N–H and O–H groups in total. The molecule has 0 spiro atoms. The molecule has 3 nitrogen and oxygen atoms in total. The Morgan fingerprint density at radius 3 is 2.25 bits per heavy atom. The third-order valence-corrected chi connectivity index (χ3v) is 13.7. The van der Waals surface area contributed by atoms with E-state index in [-0.39, 0.29) is 12.2 Å². The summed E-state index contributed by atoms with van der Waals surface area (Å²) in [6, 6.07) is 55.6. The monoisotopic (exact) mass is 738 g/mol. The van der Waals surface area contributed by atoms with Gasteiger partial charge in [-0.3, -0.25) is 10.3 Å². The van der Waals surface area contributed by atoms with Gasteiger partial charge in [0, 0.05) is 49.0 Å². The molecule has 0 saturated heterocycles. The first-order valence-corrected chi connectivity index (χ1v) is 20.7. The molecule has 4 heteroatoms. The fraction of sp³-hybridized carbons (Fsp3) is 0.135. The van der Waals surface area contributed by atoms with E-state index < -0.39 is 0 Å². The van der Waals surface area contributed by atoms with Gasteiger partial charge in [0.25, 0.3) is 0 Å². The van der Waals surface area contributed by atoms with E-state index >= 15 is 0 Å². The van der Waals surface area contributed by atoms with Crippen LogP contribution >= 0.6 is 11.3 Å². The predicted molar refractivity (Wildman–Crippen MR) is 234 cm³/mol. The van der Waals surface area contributed by atoms with Crippen molar-refractivity contribution >= 4 is 65.9 Å². The van der Waals surface area contributed by atoms with E-state index in [1.165, 1.54) is 76.0 Å². The third kappa shape index (κ3) is 5.10. The van der Waals surface area contributed by atoms with Crippen molar-refractivity contribution in [2.45, 2.75) is 31.5 Å². The van der Waals surface area contributed by atoms with E-state index in [9.17, 15) is 0 Å². The lowest BCUT2D eigenvalue weighted by atomic mass is 9.92. The van der Waals surface area contributed by atoms with Crippen molar-refractivity contribution in [3.8, 4) is 22.3 Å². The average molecular weight is 739 g/mol. The number of allylic oxidation sites excluding steroid dienone is 1. The van der Waals surface area contributed by atoms with Gasteiger partial charge < -0.3 is 4.42 Å². The molecular formula is C52H38N2OS. The molecule has 56 heavy (non-hydrogen) atoms. The van der Waals surface area contributed by atoms with Crippen molar-refractivity contribution in [3.05, 3.63) is 185 Å². The summed E-state index contributed by atoms with van der Waals surface area (Å²) >= 11 is 1.92. The highest BCUT2D eigenvalue weighted by Gasteiger charge is 2.49. The summed E-state index contributed by atoms with van der Waals surface area (Å²) in [6.45, 7) is 0. The van der Waals surface area contributed by atoms with Crippen LogP contribution in [0.3, 0.4) is 0 Å². The molecule has 268 valence electrons. The SMILES string of the molecule is C1=Cc2sc3c(-c4cccc5oc6c7ccccc7c(-c7cccc(C8N=C(c9ccccc9)C9CC9C(c9ccccc9)N8)c7)cc6c45)cccc3c2CC1. The van der Waals surface area contributed by atoms with E-state index in [2.05, 4.69) is 169 Å². The van der Waals surface area contributed by atoms with Gasteiger partial charge >= 0.3 is 0 Å². The molecule has 2 aliphatic carbocycles. The minimum atomic E-state index is -0.188. The molecule has 9 aromatic rings. The maximum Gasteiger partial charge on any atom is 0.143 e. The van der Waals surface area contributed by atoms with Gasteiger partial charge in [-0.1, -0.05) is 140 Å². The van der Waals surface area contributed by atoms with Crippen LogP contribution < -0.4 is 5.32 Å². The Kier molecular flexibility index (Phi) is 7.33. The van der Waals surface area contributed by atoms with Crippen LogP contribution in [0.1, 0.15) is 52.2 Å². The summed E-state index contributed by atoms with van der Waals surface area (Å²) in [6.07, 6.45) is 7.80. The lowest BCUT2D eigenvalue weighted by Gasteiger charge is -2.23. The van der Waals surface area contributed by atoms with Crippen LogP contribution in [0.2, 0.25) is 0 Å². The van der Waals surface area contributed by atoms with Crippen LogP contribution in [0.25, 0.3) is 71.1 Å². The van der Waals surface area contributed by atoms with Gasteiger partial charge in [-0.2, -0.15) is 0 Å². The van der Waals surface area contributed by atoms with Crippen LogP contribution in [0, 0.1) is 11.8 Å². The van der Waals surface area contributed by atoms with Crippen LogP contribution in [0.5, 0.6) is 0 Å². The van der Waals surface area contributed by atoms with Gasteiger partial charge in [0.1, 0.15) is 17.3 Å². The van der Waals surface area contributed by atoms with Gasteiger partial charge in [0.05, 0.1) is 0 Å². The Balaban J connectivity index is 1.04. The van der Waals surface area contributed by atoms with E-state index in [1.807, 2.05) is 11.3 Å². The summed E-state index contributed by atoms with van der Waals surface area (Å²) in [5.41, 5.74) is 13.2. The Bertz CT molecular complexity index is 3060. The molecule has 3 aliphatic rings. The second kappa shape index (κ2) is 12.7. The zero-order valence-electron chi connectivity index (χ0n) is 30.8. The van der Waals surface area contributed by atoms with Crippen LogP contribution in [-0.2, 0) is 6.42 Å². The van der Waals surface area contributed by atoms with Crippen LogP contribution in [0.15, 0.2) is 167 Å². The normalized spacial score (nSPS) is 20.2. The summed E-state index contributed by atoms with van der Waals surface area (Å²) in [5.74, 6) is 0.960. The first-order valence-electron chi connectivity index (χ1n) is 19.9. The van der Waals surface area contributed by atoms with Crippen LogP contribution in [0.4, 0.5) is 0 Å². The largest absolute Gasteiger partial charge is 0.455 e. The van der Waals surface area contributed by atoms with Crippen molar-refractivity contribution in [2.75, 3.05) is 0 Å². The van der Waals surface area contributed by atoms with Gasteiger partial charge in [-0.25, -0.2) is 0 Å². The number of thiophene rings is 1. The number of nitrogens with one attached hydrogen (secondary N) is 1. The molecule has 1 aliphatic heterocycles. The summed E-state index contributed by atoms with van der Waals surface area (Å²) in [5, 5.41) is 10.1. The van der Waals surface area contributed by atoms with E-state index in [1.54, 1.807) is 0 Å². The highest BCUT2D eigenvalue weighted by Crippen LogP contribution is 2.53. The lowest BCUT2D eigenvalue weighted by Crippen LogP contribution is -2.26. The molecule has 4 atom stereocenters. The molecule has 1 fully saturated rings. The van der Waals surface area contributed by atoms with Crippen molar-refractivity contribution in [3.63, 3.8) is 0 Å². The van der Waals surface area contributed by atoms with Crippen molar-refractivity contribution < 1.29 is 4.42 Å². The molecule has 0 radical (unpaired) electrons. The highest BCUT2D eigenvalue weighted by molar-refractivity contribution is 7.20. The van der Waals surface area contributed by atoms with Gasteiger partial charge in [0.2, 0.25) is 0 Å². The predicted octanol–water partition coefficient (Wildman–Crippen LogP) is 13.7. The highest BCUT2D eigenvalue weighted by atomic mass is 32.1. The van der Waals surface area contributed by atoms with Crippen LogP contribution in [-0.4, -0.2) is 5.71 Å². The first-order chi connectivity index (χ1) is 27.8. The molecule has 2 aromatic heterocycles. The minimum Gasteiger partial charge on any atom is -0.455 e. The second-order valence-electron chi connectivity index (χ2n) is 15.7.